The number of thiazole rings is 1. The summed E-state index contributed by atoms with van der Waals surface area (Å²) in [4.78, 5) is 27.6. The lowest BCUT2D eigenvalue weighted by molar-refractivity contribution is -0.384. The van der Waals surface area contributed by atoms with E-state index in [-0.39, 0.29) is 17.6 Å². The predicted molar refractivity (Wildman–Crippen MR) is 98.8 cm³/mol. The van der Waals surface area contributed by atoms with E-state index in [0.29, 0.717) is 6.42 Å². The molecule has 128 valence electrons. The van der Waals surface area contributed by atoms with Gasteiger partial charge in [0.1, 0.15) is 5.01 Å². The van der Waals surface area contributed by atoms with E-state index in [1.165, 1.54) is 30.4 Å². The van der Waals surface area contributed by atoms with Crippen molar-refractivity contribution in [2.24, 2.45) is 0 Å². The summed E-state index contributed by atoms with van der Waals surface area (Å²) in [6.45, 7) is 1.47. The lowest BCUT2D eigenvalue weighted by Gasteiger charge is -2.16. The van der Waals surface area contributed by atoms with Gasteiger partial charge in [-0.15, -0.1) is 22.7 Å². The fourth-order valence-electron chi connectivity index (χ4n) is 2.42. The normalized spacial score (nSPS) is 11.9. The van der Waals surface area contributed by atoms with Crippen LogP contribution in [0.4, 0.5) is 5.69 Å². The summed E-state index contributed by atoms with van der Waals surface area (Å²) in [6.07, 6.45) is 0.519. The van der Waals surface area contributed by atoms with Crippen molar-refractivity contribution in [2.75, 3.05) is 0 Å². The molecule has 8 heteroatoms. The molecule has 0 bridgehead atoms. The van der Waals surface area contributed by atoms with Crippen molar-refractivity contribution in [2.45, 2.75) is 19.4 Å². The Morgan fingerprint density at radius 2 is 2.04 bits per heavy atom. The van der Waals surface area contributed by atoms with Crippen LogP contribution in [0.1, 0.15) is 24.2 Å². The number of benzene rings is 1. The number of hydrogen-bond donors (Lipinski definition) is 1. The number of hydrogen-bond acceptors (Lipinski definition) is 6. The zero-order valence-electron chi connectivity index (χ0n) is 13.3. The van der Waals surface area contributed by atoms with Gasteiger partial charge in [0.25, 0.3) is 5.69 Å². The van der Waals surface area contributed by atoms with E-state index in [1.807, 2.05) is 22.9 Å². The molecule has 3 rings (SSSR count). The topological polar surface area (TPSA) is 85.1 Å². The third-order valence-corrected chi connectivity index (χ3v) is 5.48. The number of thiophene rings is 1. The second kappa shape index (κ2) is 7.54. The third kappa shape index (κ3) is 4.28. The molecule has 1 amide bonds. The van der Waals surface area contributed by atoms with Gasteiger partial charge in [0, 0.05) is 24.4 Å². The average molecular weight is 373 g/mol. The number of aromatic nitrogens is 1. The van der Waals surface area contributed by atoms with E-state index in [1.54, 1.807) is 23.5 Å². The number of rotatable bonds is 6. The van der Waals surface area contributed by atoms with Gasteiger partial charge >= 0.3 is 0 Å². The van der Waals surface area contributed by atoms with Crippen molar-refractivity contribution in [1.29, 1.82) is 0 Å². The lowest BCUT2D eigenvalue weighted by Crippen LogP contribution is -2.27. The number of nitrogens with one attached hydrogen (secondary N) is 1. The molecule has 0 spiro atoms. The van der Waals surface area contributed by atoms with E-state index in [9.17, 15) is 14.9 Å². The number of nitrogens with zero attached hydrogens (tertiary/aromatic N) is 2. The van der Waals surface area contributed by atoms with Gasteiger partial charge in [-0.1, -0.05) is 18.2 Å². The van der Waals surface area contributed by atoms with E-state index in [4.69, 9.17) is 0 Å². The van der Waals surface area contributed by atoms with Crippen LogP contribution < -0.4 is 5.32 Å². The fourth-order valence-corrected chi connectivity index (χ4v) is 4.11. The highest BCUT2D eigenvalue weighted by molar-refractivity contribution is 7.20. The number of carbonyl (C=O) groups excluding carboxylic acids is 1. The van der Waals surface area contributed by atoms with Gasteiger partial charge in [-0.3, -0.25) is 14.9 Å². The van der Waals surface area contributed by atoms with Gasteiger partial charge in [-0.25, -0.2) is 4.98 Å². The van der Waals surface area contributed by atoms with Crippen LogP contribution in [0.25, 0.3) is 9.88 Å². The summed E-state index contributed by atoms with van der Waals surface area (Å²) < 4.78 is 0. The first-order valence-corrected chi connectivity index (χ1v) is 9.28. The summed E-state index contributed by atoms with van der Waals surface area (Å²) >= 11 is 3.16. The minimum Gasteiger partial charge on any atom is -0.348 e. The zero-order valence-corrected chi connectivity index (χ0v) is 15.0. The van der Waals surface area contributed by atoms with Crippen LogP contribution in [-0.4, -0.2) is 15.8 Å². The van der Waals surface area contributed by atoms with E-state index in [0.717, 1.165) is 21.1 Å². The SMILES string of the molecule is CC(=O)N[C@@H](Cc1ccc([N+](=O)[O-])cc1)c1csc(-c2cccs2)n1. The quantitative estimate of drug-likeness (QED) is 0.518. The molecule has 25 heavy (non-hydrogen) atoms. The Kier molecular flexibility index (Phi) is 5.20. The Labute approximate surface area is 152 Å². The molecular formula is C17H15N3O3S2. The van der Waals surface area contributed by atoms with Crippen molar-refractivity contribution in [1.82, 2.24) is 10.3 Å². The highest BCUT2D eigenvalue weighted by atomic mass is 32.1. The van der Waals surface area contributed by atoms with Gasteiger partial charge in [0.05, 0.1) is 21.5 Å². The summed E-state index contributed by atoms with van der Waals surface area (Å²) in [7, 11) is 0. The smallest absolute Gasteiger partial charge is 0.269 e. The van der Waals surface area contributed by atoms with Crippen molar-refractivity contribution in [3.63, 3.8) is 0 Å². The maximum Gasteiger partial charge on any atom is 0.269 e. The molecule has 0 unspecified atom stereocenters. The molecule has 0 radical (unpaired) electrons. The van der Waals surface area contributed by atoms with Crippen LogP contribution in [0, 0.1) is 10.1 Å². The Morgan fingerprint density at radius 1 is 1.28 bits per heavy atom. The monoisotopic (exact) mass is 373 g/mol. The molecule has 0 aliphatic rings. The van der Waals surface area contributed by atoms with Crippen molar-refractivity contribution in [3.05, 3.63) is 68.5 Å². The highest BCUT2D eigenvalue weighted by Crippen LogP contribution is 2.30. The van der Waals surface area contributed by atoms with Gasteiger partial charge in [0.2, 0.25) is 5.91 Å². The van der Waals surface area contributed by atoms with E-state index < -0.39 is 4.92 Å². The second-order valence-corrected chi connectivity index (χ2v) is 7.24. The van der Waals surface area contributed by atoms with Crippen molar-refractivity contribution < 1.29 is 9.72 Å². The first kappa shape index (κ1) is 17.2. The summed E-state index contributed by atoms with van der Waals surface area (Å²) in [6, 6.07) is 10.1. The maximum absolute atomic E-state index is 11.6. The number of amides is 1. The second-order valence-electron chi connectivity index (χ2n) is 5.44. The Hall–Kier alpha value is -2.58. The van der Waals surface area contributed by atoms with Crippen molar-refractivity contribution >= 4 is 34.3 Å². The molecule has 0 aliphatic carbocycles. The van der Waals surface area contributed by atoms with Gasteiger partial charge in [0.15, 0.2) is 0 Å². The molecule has 0 fully saturated rings. The largest absolute Gasteiger partial charge is 0.348 e. The van der Waals surface area contributed by atoms with Crippen LogP contribution in [0.15, 0.2) is 47.2 Å². The highest BCUT2D eigenvalue weighted by Gasteiger charge is 2.18. The minimum absolute atomic E-state index is 0.0495. The summed E-state index contributed by atoms with van der Waals surface area (Å²) in [5.41, 5.74) is 1.74. The fraction of sp³-hybridized carbons (Fsp3) is 0.176. The minimum atomic E-state index is -0.428. The lowest BCUT2D eigenvalue weighted by atomic mass is 10.0. The van der Waals surface area contributed by atoms with Gasteiger partial charge in [-0.05, 0) is 23.4 Å². The molecule has 3 aromatic rings. The van der Waals surface area contributed by atoms with Crippen LogP contribution >= 0.6 is 22.7 Å². The molecular weight excluding hydrogens is 358 g/mol. The van der Waals surface area contributed by atoms with Gasteiger partial charge < -0.3 is 5.32 Å². The van der Waals surface area contributed by atoms with Crippen LogP contribution in [0.2, 0.25) is 0 Å². The summed E-state index contributed by atoms with van der Waals surface area (Å²) in [5.74, 6) is -0.141. The predicted octanol–water partition coefficient (Wildman–Crippen LogP) is 4.20. The van der Waals surface area contributed by atoms with Crippen LogP contribution in [-0.2, 0) is 11.2 Å². The number of non-ortho nitro benzene ring substituents is 1. The average Bonchev–Trinajstić information content (AvgIpc) is 3.25. The zero-order chi connectivity index (χ0) is 17.8. The Balaban J connectivity index is 1.82. The number of carbonyl (C=O) groups is 1. The summed E-state index contributed by atoms with van der Waals surface area (Å²) in [5, 5.41) is 18.5. The van der Waals surface area contributed by atoms with Gasteiger partial charge in [-0.2, -0.15) is 0 Å². The third-order valence-electron chi connectivity index (χ3n) is 3.58. The Bertz CT molecular complexity index is 873. The molecule has 0 aliphatic heterocycles. The molecule has 0 saturated heterocycles. The number of nitro benzene ring substituents is 1. The molecule has 1 aromatic carbocycles. The molecule has 6 nitrogen and oxygen atoms in total. The maximum atomic E-state index is 11.6. The number of nitro groups is 1. The molecule has 1 atom stereocenters. The van der Waals surface area contributed by atoms with E-state index in [2.05, 4.69) is 10.3 Å². The molecule has 2 heterocycles. The first-order valence-electron chi connectivity index (χ1n) is 7.52. The molecule has 0 saturated carbocycles. The Morgan fingerprint density at radius 3 is 2.64 bits per heavy atom. The van der Waals surface area contributed by atoms with Crippen LogP contribution in [0.5, 0.6) is 0 Å². The van der Waals surface area contributed by atoms with Crippen molar-refractivity contribution in [3.8, 4) is 9.88 Å². The van der Waals surface area contributed by atoms with Crippen LogP contribution in [0.3, 0.4) is 0 Å². The standard InChI is InChI=1S/C17H15N3O3S2/c1-11(21)18-14(9-12-4-6-13(7-5-12)20(22)23)15-10-25-17(19-15)16-3-2-8-24-16/h2-8,10,14H,9H2,1H3,(H,18,21)/t14-/m0/s1. The van der Waals surface area contributed by atoms with E-state index >= 15 is 0 Å². The molecule has 1 N–H and O–H groups in total. The first-order chi connectivity index (χ1) is 12.0. The molecule has 2 aromatic heterocycles.